The van der Waals surface area contributed by atoms with E-state index in [2.05, 4.69) is 11.1 Å². The fourth-order valence-corrected chi connectivity index (χ4v) is 3.95. The summed E-state index contributed by atoms with van der Waals surface area (Å²) in [6.45, 7) is 0.190. The van der Waals surface area contributed by atoms with Crippen LogP contribution < -0.4 is 0 Å². The highest BCUT2D eigenvalue weighted by molar-refractivity contribution is 6.44. The first kappa shape index (κ1) is 18.7. The molecule has 1 aromatic carbocycles. The predicted molar refractivity (Wildman–Crippen MR) is 105 cm³/mol. The molecule has 1 aromatic heterocycles. The summed E-state index contributed by atoms with van der Waals surface area (Å²) in [7, 11) is 1.80. The van der Waals surface area contributed by atoms with Gasteiger partial charge >= 0.3 is 17.8 Å². The Morgan fingerprint density at radius 3 is 2.64 bits per heavy atom. The van der Waals surface area contributed by atoms with Gasteiger partial charge in [-0.25, -0.2) is 14.7 Å². The topological polar surface area (TPSA) is 75.5 Å². The van der Waals surface area contributed by atoms with Gasteiger partial charge in [0.15, 0.2) is 0 Å². The lowest BCUT2D eigenvalue weighted by Gasteiger charge is -2.17. The molecule has 0 bridgehead atoms. The van der Waals surface area contributed by atoms with Gasteiger partial charge in [-0.2, -0.15) is 0 Å². The molecule has 2 aromatic rings. The number of fused-ring (bicyclic) bond motifs is 1. The Balaban J connectivity index is 1.51. The largest absolute Gasteiger partial charge is 0.334 e. The van der Waals surface area contributed by atoms with Crippen LogP contribution in [0.4, 0.5) is 4.79 Å². The van der Waals surface area contributed by atoms with Gasteiger partial charge in [-0.1, -0.05) is 23.3 Å². The Morgan fingerprint density at radius 1 is 1.11 bits per heavy atom. The molecule has 0 atom stereocenters. The Hall–Kier alpha value is -2.67. The predicted octanol–water partition coefficient (Wildman–Crippen LogP) is 3.41. The highest BCUT2D eigenvalue weighted by Crippen LogP contribution is 2.24. The number of imide groups is 2. The number of rotatable bonds is 5. The van der Waals surface area contributed by atoms with Crippen molar-refractivity contribution in [1.82, 2.24) is 19.4 Å². The van der Waals surface area contributed by atoms with Crippen LogP contribution in [0.1, 0.15) is 37.9 Å². The Labute approximate surface area is 167 Å². The van der Waals surface area contributed by atoms with Gasteiger partial charge in [0.2, 0.25) is 0 Å². The Bertz CT molecular complexity index is 1010. The van der Waals surface area contributed by atoms with Gasteiger partial charge in [0.1, 0.15) is 5.82 Å². The number of urea groups is 1. The van der Waals surface area contributed by atoms with Crippen LogP contribution in [0.2, 0.25) is 5.02 Å². The number of allylic oxidation sites excluding steroid dienone is 1. The summed E-state index contributed by atoms with van der Waals surface area (Å²) in [5.74, 6) is -1.04. The van der Waals surface area contributed by atoms with E-state index in [1.54, 1.807) is 23.7 Å². The summed E-state index contributed by atoms with van der Waals surface area (Å²) in [5, 5.41) is 0.559. The molecule has 7 nitrogen and oxygen atoms in total. The lowest BCUT2D eigenvalue weighted by atomic mass is 9.97. The van der Waals surface area contributed by atoms with Crippen LogP contribution in [-0.4, -0.2) is 43.7 Å². The van der Waals surface area contributed by atoms with Gasteiger partial charge in [-0.3, -0.25) is 14.5 Å². The summed E-state index contributed by atoms with van der Waals surface area (Å²) in [4.78, 5) is 44.0. The summed E-state index contributed by atoms with van der Waals surface area (Å²) >= 11 is 6.01. The lowest BCUT2D eigenvalue weighted by Crippen LogP contribution is -2.34. The van der Waals surface area contributed by atoms with E-state index in [0.29, 0.717) is 22.8 Å². The summed E-state index contributed by atoms with van der Waals surface area (Å²) in [6, 6.07) is 4.74. The minimum Gasteiger partial charge on any atom is -0.330 e. The van der Waals surface area contributed by atoms with Crippen LogP contribution in [0.5, 0.6) is 0 Å². The van der Waals surface area contributed by atoms with E-state index in [-0.39, 0.29) is 13.1 Å². The van der Waals surface area contributed by atoms with E-state index in [0.717, 1.165) is 34.6 Å². The van der Waals surface area contributed by atoms with Gasteiger partial charge in [-0.15, -0.1) is 0 Å². The van der Waals surface area contributed by atoms with E-state index in [9.17, 15) is 14.4 Å². The number of benzene rings is 1. The number of aromatic nitrogens is 2. The van der Waals surface area contributed by atoms with Gasteiger partial charge in [-0.05, 0) is 50.3 Å². The minimum atomic E-state index is -0.798. The zero-order valence-corrected chi connectivity index (χ0v) is 16.4. The molecule has 0 N–H and O–H groups in total. The van der Waals surface area contributed by atoms with E-state index in [1.807, 2.05) is 6.07 Å². The molecule has 0 unspecified atom stereocenters. The average Bonchev–Trinajstić information content (AvgIpc) is 3.10. The van der Waals surface area contributed by atoms with Crippen LogP contribution in [0.15, 0.2) is 29.8 Å². The number of hydrogen-bond acceptors (Lipinski definition) is 4. The van der Waals surface area contributed by atoms with Crippen LogP contribution >= 0.6 is 11.6 Å². The SMILES string of the molecule is Cn1c(CN2C(=O)C(=O)N(CCC3=CCCCC3)C2=O)nc2cc(Cl)ccc21. The first-order valence-corrected chi connectivity index (χ1v) is 9.79. The quantitative estimate of drug-likeness (QED) is 0.438. The number of carbonyl (C=O) groups excluding carboxylic acids is 3. The average molecular weight is 401 g/mol. The summed E-state index contributed by atoms with van der Waals surface area (Å²) in [6.07, 6.45) is 7.16. The molecule has 146 valence electrons. The highest BCUT2D eigenvalue weighted by atomic mass is 35.5. The normalized spacial score (nSPS) is 17.8. The van der Waals surface area contributed by atoms with Crippen molar-refractivity contribution in [2.75, 3.05) is 6.54 Å². The standard InChI is InChI=1S/C20H21ClN4O3/c1-23-16-8-7-14(21)11-15(16)22-17(23)12-25-19(27)18(26)24(20(25)28)10-9-13-5-3-2-4-6-13/h5,7-8,11H,2-4,6,9-10,12H2,1H3. The highest BCUT2D eigenvalue weighted by Gasteiger charge is 2.44. The maximum Gasteiger partial charge on any atom is 0.334 e. The van der Waals surface area contributed by atoms with Crippen molar-refractivity contribution in [2.24, 2.45) is 7.05 Å². The molecule has 2 aliphatic rings. The number of halogens is 1. The molecule has 2 heterocycles. The molecule has 1 aliphatic heterocycles. The molecule has 4 rings (SSSR count). The van der Waals surface area contributed by atoms with E-state index in [4.69, 9.17) is 11.6 Å². The fraction of sp³-hybridized carbons (Fsp3) is 0.400. The number of nitrogens with zero attached hydrogens (tertiary/aromatic N) is 4. The molecule has 0 spiro atoms. The summed E-state index contributed by atoms with van der Waals surface area (Å²) < 4.78 is 1.80. The van der Waals surface area contributed by atoms with Gasteiger partial charge in [0.25, 0.3) is 0 Å². The fourth-order valence-electron chi connectivity index (χ4n) is 3.78. The zero-order chi connectivity index (χ0) is 19.8. The Kier molecular flexibility index (Phi) is 4.93. The van der Waals surface area contributed by atoms with Crippen LogP contribution in [0.3, 0.4) is 0 Å². The molecule has 28 heavy (non-hydrogen) atoms. The number of hydrogen-bond donors (Lipinski definition) is 0. The monoisotopic (exact) mass is 400 g/mol. The molecule has 1 aliphatic carbocycles. The van der Waals surface area contributed by atoms with Crippen LogP contribution in [0.25, 0.3) is 11.0 Å². The third kappa shape index (κ3) is 3.30. The smallest absolute Gasteiger partial charge is 0.330 e. The van der Waals surface area contributed by atoms with Crippen molar-refractivity contribution < 1.29 is 14.4 Å². The third-order valence-corrected chi connectivity index (χ3v) is 5.65. The van der Waals surface area contributed by atoms with E-state index < -0.39 is 17.8 Å². The second-order valence-corrected chi connectivity index (χ2v) is 7.65. The molecular weight excluding hydrogens is 380 g/mol. The van der Waals surface area contributed by atoms with Crippen LogP contribution in [-0.2, 0) is 23.2 Å². The summed E-state index contributed by atoms with van der Waals surface area (Å²) in [5.41, 5.74) is 2.77. The first-order valence-electron chi connectivity index (χ1n) is 9.42. The Morgan fingerprint density at radius 2 is 1.89 bits per heavy atom. The van der Waals surface area contributed by atoms with E-state index >= 15 is 0 Å². The number of carbonyl (C=O) groups is 3. The van der Waals surface area contributed by atoms with Crippen molar-refractivity contribution in [2.45, 2.75) is 38.6 Å². The zero-order valence-electron chi connectivity index (χ0n) is 15.7. The van der Waals surface area contributed by atoms with Gasteiger partial charge in [0.05, 0.1) is 17.6 Å². The molecule has 8 heteroatoms. The molecule has 4 amide bonds. The van der Waals surface area contributed by atoms with Crippen molar-refractivity contribution in [1.29, 1.82) is 0 Å². The van der Waals surface area contributed by atoms with Gasteiger partial charge < -0.3 is 4.57 Å². The number of amides is 4. The van der Waals surface area contributed by atoms with Crippen molar-refractivity contribution in [3.63, 3.8) is 0 Å². The number of aryl methyl sites for hydroxylation is 1. The minimum absolute atomic E-state index is 0.0502. The molecule has 0 radical (unpaired) electrons. The second kappa shape index (κ2) is 7.39. The molecule has 1 fully saturated rings. The maximum atomic E-state index is 12.7. The van der Waals surface area contributed by atoms with Crippen molar-refractivity contribution >= 4 is 40.5 Å². The third-order valence-electron chi connectivity index (χ3n) is 5.41. The van der Waals surface area contributed by atoms with Crippen molar-refractivity contribution in [3.8, 4) is 0 Å². The first-order chi connectivity index (χ1) is 13.5. The van der Waals surface area contributed by atoms with Crippen LogP contribution in [0, 0.1) is 0 Å². The second-order valence-electron chi connectivity index (χ2n) is 7.21. The molecular formula is C20H21ClN4O3. The molecule has 0 saturated carbocycles. The van der Waals surface area contributed by atoms with E-state index in [1.165, 1.54) is 12.0 Å². The maximum absolute atomic E-state index is 12.7. The molecule has 1 saturated heterocycles. The van der Waals surface area contributed by atoms with Crippen molar-refractivity contribution in [3.05, 3.63) is 40.7 Å². The number of imidazole rings is 1. The lowest BCUT2D eigenvalue weighted by molar-refractivity contribution is -0.143. The van der Waals surface area contributed by atoms with Gasteiger partial charge in [0, 0.05) is 18.6 Å².